The van der Waals surface area contributed by atoms with Crippen LogP contribution in [0.4, 0.5) is 0 Å². The molecular formula is C17H22N2OS. The van der Waals surface area contributed by atoms with Gasteiger partial charge in [-0.2, -0.15) is 0 Å². The van der Waals surface area contributed by atoms with Gasteiger partial charge in [-0.3, -0.25) is 9.78 Å². The molecule has 21 heavy (non-hydrogen) atoms. The molecule has 0 saturated carbocycles. The summed E-state index contributed by atoms with van der Waals surface area (Å²) in [4.78, 5) is 19.3. The molecule has 0 fully saturated rings. The summed E-state index contributed by atoms with van der Waals surface area (Å²) in [7, 11) is 1.89. The van der Waals surface area contributed by atoms with Gasteiger partial charge in [-0.1, -0.05) is 6.07 Å². The summed E-state index contributed by atoms with van der Waals surface area (Å²) >= 11 is 1.79. The van der Waals surface area contributed by atoms with E-state index in [-0.39, 0.29) is 5.91 Å². The summed E-state index contributed by atoms with van der Waals surface area (Å²) in [5.74, 6) is 0.246. The second kappa shape index (κ2) is 8.57. The van der Waals surface area contributed by atoms with Gasteiger partial charge in [-0.05, 0) is 54.8 Å². The number of hydrogen-bond donors (Lipinski definition) is 0. The zero-order valence-corrected chi connectivity index (χ0v) is 13.3. The van der Waals surface area contributed by atoms with Gasteiger partial charge in [0.1, 0.15) is 0 Å². The minimum Gasteiger partial charge on any atom is -0.345 e. The highest BCUT2D eigenvalue weighted by atomic mass is 32.1. The summed E-state index contributed by atoms with van der Waals surface area (Å²) in [6.45, 7) is 0.772. The van der Waals surface area contributed by atoms with Crippen LogP contribution in [0, 0.1) is 0 Å². The van der Waals surface area contributed by atoms with Gasteiger partial charge in [0, 0.05) is 37.3 Å². The minimum atomic E-state index is 0.246. The first-order valence-corrected chi connectivity index (χ1v) is 8.29. The molecule has 0 saturated heterocycles. The van der Waals surface area contributed by atoms with Crippen LogP contribution in [0.3, 0.4) is 0 Å². The van der Waals surface area contributed by atoms with E-state index in [1.54, 1.807) is 23.7 Å². The number of likely N-dealkylation sites (N-methyl/N-ethyl adjacent to an activating group) is 1. The highest BCUT2D eigenvalue weighted by molar-refractivity contribution is 7.09. The number of unbranched alkanes of at least 4 members (excludes halogenated alkanes) is 1. The number of carbonyl (C=O) groups is 1. The van der Waals surface area contributed by atoms with E-state index < -0.39 is 0 Å². The number of pyridine rings is 1. The lowest BCUT2D eigenvalue weighted by molar-refractivity contribution is -0.130. The fourth-order valence-corrected chi connectivity index (χ4v) is 2.94. The topological polar surface area (TPSA) is 33.2 Å². The first-order valence-electron chi connectivity index (χ1n) is 7.41. The Hall–Kier alpha value is -1.68. The van der Waals surface area contributed by atoms with Crippen LogP contribution in [0.1, 0.15) is 29.7 Å². The van der Waals surface area contributed by atoms with Crippen LogP contribution >= 0.6 is 11.3 Å². The van der Waals surface area contributed by atoms with Crippen molar-refractivity contribution in [2.45, 2.75) is 32.1 Å². The van der Waals surface area contributed by atoms with Crippen molar-refractivity contribution in [2.24, 2.45) is 0 Å². The van der Waals surface area contributed by atoms with E-state index in [2.05, 4.69) is 22.5 Å². The van der Waals surface area contributed by atoms with E-state index in [1.165, 1.54) is 10.4 Å². The molecule has 2 rings (SSSR count). The van der Waals surface area contributed by atoms with Crippen molar-refractivity contribution in [3.8, 4) is 0 Å². The molecule has 112 valence electrons. The molecule has 3 nitrogen and oxygen atoms in total. The minimum absolute atomic E-state index is 0.246. The van der Waals surface area contributed by atoms with Crippen molar-refractivity contribution in [1.29, 1.82) is 0 Å². The van der Waals surface area contributed by atoms with Crippen molar-refractivity contribution in [2.75, 3.05) is 13.6 Å². The average Bonchev–Trinajstić information content (AvgIpc) is 3.03. The van der Waals surface area contributed by atoms with Crippen molar-refractivity contribution in [1.82, 2.24) is 9.88 Å². The van der Waals surface area contributed by atoms with Crippen LogP contribution in [-0.2, 0) is 17.6 Å². The predicted octanol–water partition coefficient (Wildman–Crippen LogP) is 3.56. The van der Waals surface area contributed by atoms with Gasteiger partial charge >= 0.3 is 0 Å². The Kier molecular flexibility index (Phi) is 6.41. The molecule has 0 aliphatic rings. The molecule has 0 unspecified atom stereocenters. The molecule has 0 aromatic carbocycles. The Morgan fingerprint density at radius 2 is 2.00 bits per heavy atom. The second-order valence-electron chi connectivity index (χ2n) is 5.21. The molecule has 0 aliphatic carbocycles. The fourth-order valence-electron chi connectivity index (χ4n) is 2.19. The van der Waals surface area contributed by atoms with Crippen molar-refractivity contribution in [3.63, 3.8) is 0 Å². The molecule has 2 aromatic rings. The maximum Gasteiger partial charge on any atom is 0.222 e. The summed E-state index contributed by atoms with van der Waals surface area (Å²) in [6.07, 6.45) is 8.27. The number of nitrogens with zero attached hydrogens (tertiary/aromatic N) is 2. The second-order valence-corrected chi connectivity index (χ2v) is 6.24. The third-order valence-electron chi connectivity index (χ3n) is 3.55. The van der Waals surface area contributed by atoms with Crippen LogP contribution in [0.2, 0.25) is 0 Å². The monoisotopic (exact) mass is 302 g/mol. The zero-order valence-electron chi connectivity index (χ0n) is 12.5. The standard InChI is InChI=1S/C17H22N2OS/c1-19(13-10-15-8-11-18-12-9-15)17(20)7-3-2-5-16-6-4-14-21-16/h4,6,8-9,11-12,14H,2-3,5,7,10,13H2,1H3. The number of amides is 1. The first kappa shape index (κ1) is 15.7. The lowest BCUT2D eigenvalue weighted by atomic mass is 10.1. The Morgan fingerprint density at radius 3 is 2.71 bits per heavy atom. The lowest BCUT2D eigenvalue weighted by Gasteiger charge is -2.17. The molecule has 0 N–H and O–H groups in total. The summed E-state index contributed by atoms with van der Waals surface area (Å²) in [5.41, 5.74) is 1.22. The van der Waals surface area contributed by atoms with Crippen molar-refractivity contribution < 1.29 is 4.79 Å². The van der Waals surface area contributed by atoms with Gasteiger partial charge in [0.05, 0.1) is 0 Å². The Morgan fingerprint density at radius 1 is 1.19 bits per heavy atom. The quantitative estimate of drug-likeness (QED) is 0.699. The molecular weight excluding hydrogens is 280 g/mol. The predicted molar refractivity (Wildman–Crippen MR) is 87.5 cm³/mol. The Bertz CT molecular complexity index is 525. The van der Waals surface area contributed by atoms with Crippen LogP contribution in [0.15, 0.2) is 42.0 Å². The number of aromatic nitrogens is 1. The molecule has 0 aliphatic heterocycles. The van der Waals surface area contributed by atoms with Gasteiger partial charge < -0.3 is 4.90 Å². The highest BCUT2D eigenvalue weighted by Crippen LogP contribution is 2.13. The third kappa shape index (κ3) is 5.68. The molecule has 2 aromatic heterocycles. The van der Waals surface area contributed by atoms with Crippen LogP contribution in [0.5, 0.6) is 0 Å². The zero-order chi connectivity index (χ0) is 14.9. The number of rotatable bonds is 8. The number of aryl methyl sites for hydroxylation is 1. The van der Waals surface area contributed by atoms with E-state index in [0.29, 0.717) is 6.42 Å². The van der Waals surface area contributed by atoms with Crippen LogP contribution in [0.25, 0.3) is 0 Å². The van der Waals surface area contributed by atoms with Crippen LogP contribution in [-0.4, -0.2) is 29.4 Å². The molecule has 0 atom stereocenters. The smallest absolute Gasteiger partial charge is 0.222 e. The molecule has 2 heterocycles. The van der Waals surface area contributed by atoms with Gasteiger partial charge in [-0.25, -0.2) is 0 Å². The molecule has 4 heteroatoms. The van der Waals surface area contributed by atoms with Crippen LogP contribution < -0.4 is 0 Å². The van der Waals surface area contributed by atoms with E-state index in [9.17, 15) is 4.79 Å². The average molecular weight is 302 g/mol. The molecule has 0 radical (unpaired) electrons. The first-order chi connectivity index (χ1) is 10.3. The fraction of sp³-hybridized carbons (Fsp3) is 0.412. The van der Waals surface area contributed by atoms with E-state index in [1.807, 2.05) is 24.1 Å². The number of thiophene rings is 1. The van der Waals surface area contributed by atoms with E-state index >= 15 is 0 Å². The summed E-state index contributed by atoms with van der Waals surface area (Å²) in [6, 6.07) is 8.24. The lowest BCUT2D eigenvalue weighted by Crippen LogP contribution is -2.28. The third-order valence-corrected chi connectivity index (χ3v) is 4.49. The number of carbonyl (C=O) groups excluding carboxylic acids is 1. The normalized spacial score (nSPS) is 10.5. The molecule has 1 amide bonds. The Labute approximate surface area is 130 Å². The van der Waals surface area contributed by atoms with Gasteiger partial charge in [0.25, 0.3) is 0 Å². The van der Waals surface area contributed by atoms with Gasteiger partial charge in [-0.15, -0.1) is 11.3 Å². The Balaban J connectivity index is 1.61. The van der Waals surface area contributed by atoms with Gasteiger partial charge in [0.15, 0.2) is 0 Å². The van der Waals surface area contributed by atoms with Crippen molar-refractivity contribution >= 4 is 17.2 Å². The van der Waals surface area contributed by atoms with Gasteiger partial charge in [0.2, 0.25) is 5.91 Å². The summed E-state index contributed by atoms with van der Waals surface area (Å²) in [5, 5.41) is 2.10. The maximum atomic E-state index is 12.0. The summed E-state index contributed by atoms with van der Waals surface area (Å²) < 4.78 is 0. The maximum absolute atomic E-state index is 12.0. The van der Waals surface area contributed by atoms with Crippen molar-refractivity contribution in [3.05, 3.63) is 52.5 Å². The number of hydrogen-bond acceptors (Lipinski definition) is 3. The largest absolute Gasteiger partial charge is 0.345 e. The van der Waals surface area contributed by atoms with E-state index in [0.717, 1.165) is 32.2 Å². The molecule has 0 spiro atoms. The SMILES string of the molecule is CN(CCc1ccncc1)C(=O)CCCCc1cccs1. The molecule has 0 bridgehead atoms. The van der Waals surface area contributed by atoms with E-state index in [4.69, 9.17) is 0 Å². The highest BCUT2D eigenvalue weighted by Gasteiger charge is 2.08.